The molecule has 0 heterocycles. The molecule has 0 saturated carbocycles. The van der Waals surface area contributed by atoms with E-state index in [1.54, 1.807) is 35.8 Å². The van der Waals surface area contributed by atoms with Crippen molar-refractivity contribution in [2.45, 2.75) is 25.7 Å². The summed E-state index contributed by atoms with van der Waals surface area (Å²) in [4.78, 5) is 12.0. The molecule has 120 valence electrons. The van der Waals surface area contributed by atoms with E-state index in [-0.39, 0.29) is 0 Å². The Bertz CT molecular complexity index is 698. The second-order valence-corrected chi connectivity index (χ2v) is 5.31. The minimum atomic E-state index is -0.815. The molecule has 5 heteroatoms. The lowest BCUT2D eigenvalue weighted by molar-refractivity contribution is -0.129. The molecule has 0 radical (unpaired) electrons. The number of nitrogens with one attached hydrogen (secondary N) is 2. The topological polar surface area (TPSA) is 73.2 Å². The third-order valence-electron chi connectivity index (χ3n) is 3.65. The number of hydroxylamine groups is 1. The largest absolute Gasteiger partial charge is 0.305 e. The Morgan fingerprint density at radius 1 is 1.22 bits per heavy atom. The van der Waals surface area contributed by atoms with Gasteiger partial charge in [0.2, 0.25) is 0 Å². The van der Waals surface area contributed by atoms with Gasteiger partial charge in [-0.15, -0.1) is 0 Å². The minimum Gasteiger partial charge on any atom is -0.305 e. The molecule has 0 saturated heterocycles. The van der Waals surface area contributed by atoms with Crippen LogP contribution in [0.25, 0.3) is 0 Å². The van der Waals surface area contributed by atoms with Crippen molar-refractivity contribution in [2.75, 3.05) is 0 Å². The number of amides is 1. The molecule has 0 aliphatic rings. The van der Waals surface area contributed by atoms with Gasteiger partial charge in [-0.1, -0.05) is 49.7 Å². The van der Waals surface area contributed by atoms with Gasteiger partial charge in [-0.05, 0) is 35.2 Å². The van der Waals surface area contributed by atoms with Gasteiger partial charge in [0.15, 0.2) is 0 Å². The van der Waals surface area contributed by atoms with Gasteiger partial charge in [0, 0.05) is 5.71 Å². The quantitative estimate of drug-likeness (QED) is 0.433. The van der Waals surface area contributed by atoms with Gasteiger partial charge in [-0.2, -0.15) is 0 Å². The van der Waals surface area contributed by atoms with Crippen LogP contribution >= 0.6 is 0 Å². The highest BCUT2D eigenvalue weighted by atomic mass is 19.1. The molecule has 2 rings (SSSR count). The Kier molecular flexibility index (Phi) is 5.60. The van der Waals surface area contributed by atoms with Crippen LogP contribution in [-0.4, -0.2) is 16.8 Å². The zero-order chi connectivity index (χ0) is 16.8. The summed E-state index contributed by atoms with van der Waals surface area (Å²) in [5, 5.41) is 16.9. The molecule has 0 spiro atoms. The van der Waals surface area contributed by atoms with Crippen LogP contribution in [0.1, 0.15) is 42.4 Å². The third-order valence-corrected chi connectivity index (χ3v) is 3.65. The Balaban J connectivity index is 2.37. The molecule has 0 bridgehead atoms. The van der Waals surface area contributed by atoms with Crippen LogP contribution in [0, 0.1) is 11.2 Å². The van der Waals surface area contributed by atoms with Gasteiger partial charge in [0.1, 0.15) is 5.82 Å². The lowest BCUT2D eigenvalue weighted by Gasteiger charge is -2.16. The first-order valence-electron chi connectivity index (χ1n) is 7.44. The third kappa shape index (κ3) is 4.02. The monoisotopic (exact) mass is 314 g/mol. The first-order chi connectivity index (χ1) is 11.1. The Labute approximate surface area is 134 Å². The van der Waals surface area contributed by atoms with Crippen LogP contribution in [0.2, 0.25) is 0 Å². The van der Waals surface area contributed by atoms with Gasteiger partial charge in [0.25, 0.3) is 5.91 Å². The maximum absolute atomic E-state index is 13.4. The maximum atomic E-state index is 13.4. The number of hydrogen-bond acceptors (Lipinski definition) is 3. The lowest BCUT2D eigenvalue weighted by Crippen LogP contribution is -2.27. The zero-order valence-corrected chi connectivity index (χ0v) is 12.8. The van der Waals surface area contributed by atoms with Crippen molar-refractivity contribution in [3.8, 4) is 0 Å². The SMILES string of the molecule is CCCC(=N)c1ccc(C(C(=O)NO)c2cccc(F)c2)cc1. The van der Waals surface area contributed by atoms with Crippen molar-refractivity contribution >= 4 is 11.6 Å². The van der Waals surface area contributed by atoms with E-state index in [1.807, 2.05) is 6.92 Å². The average molecular weight is 314 g/mol. The van der Waals surface area contributed by atoms with Crippen LogP contribution in [-0.2, 0) is 4.79 Å². The van der Waals surface area contributed by atoms with Gasteiger partial charge < -0.3 is 5.41 Å². The van der Waals surface area contributed by atoms with Crippen molar-refractivity contribution in [3.05, 3.63) is 71.0 Å². The molecule has 2 aromatic carbocycles. The number of hydrogen-bond donors (Lipinski definition) is 3. The van der Waals surface area contributed by atoms with Crippen molar-refractivity contribution in [2.24, 2.45) is 0 Å². The first-order valence-corrected chi connectivity index (χ1v) is 7.44. The molecule has 3 N–H and O–H groups in total. The summed E-state index contributed by atoms with van der Waals surface area (Å²) in [5.74, 6) is -1.89. The highest BCUT2D eigenvalue weighted by Gasteiger charge is 2.23. The molecule has 0 aromatic heterocycles. The molecule has 0 aliphatic heterocycles. The van der Waals surface area contributed by atoms with Crippen LogP contribution in [0.3, 0.4) is 0 Å². The standard InChI is InChI=1S/C18H19FN2O2/c1-2-4-16(20)12-7-9-13(10-8-12)17(18(22)21-23)14-5-3-6-15(19)11-14/h3,5-11,17,20,23H,2,4H2,1H3,(H,21,22). The lowest BCUT2D eigenvalue weighted by atomic mass is 9.89. The molecule has 0 aliphatic carbocycles. The minimum absolute atomic E-state index is 0.445. The van der Waals surface area contributed by atoms with Crippen molar-refractivity contribution in [3.63, 3.8) is 0 Å². The average Bonchev–Trinajstić information content (AvgIpc) is 2.56. The summed E-state index contributed by atoms with van der Waals surface area (Å²) >= 11 is 0. The molecule has 23 heavy (non-hydrogen) atoms. The smallest absolute Gasteiger partial charge is 0.255 e. The molecule has 1 unspecified atom stereocenters. The van der Waals surface area contributed by atoms with Crippen LogP contribution in [0.5, 0.6) is 0 Å². The Morgan fingerprint density at radius 2 is 1.91 bits per heavy atom. The van der Waals surface area contributed by atoms with E-state index < -0.39 is 17.6 Å². The summed E-state index contributed by atoms with van der Waals surface area (Å²) in [6.07, 6.45) is 1.57. The molecular weight excluding hydrogens is 295 g/mol. The zero-order valence-electron chi connectivity index (χ0n) is 12.8. The predicted molar refractivity (Wildman–Crippen MR) is 86.4 cm³/mol. The highest BCUT2D eigenvalue weighted by molar-refractivity contribution is 5.98. The Hall–Kier alpha value is -2.53. The number of benzene rings is 2. The first kappa shape index (κ1) is 16.8. The second kappa shape index (κ2) is 7.65. The predicted octanol–water partition coefficient (Wildman–Crippen LogP) is 3.63. The Morgan fingerprint density at radius 3 is 2.48 bits per heavy atom. The number of rotatable bonds is 6. The van der Waals surface area contributed by atoms with E-state index in [0.29, 0.717) is 23.3 Å². The fourth-order valence-corrected chi connectivity index (χ4v) is 2.52. The van der Waals surface area contributed by atoms with Gasteiger partial charge >= 0.3 is 0 Å². The molecule has 0 fully saturated rings. The fourth-order valence-electron chi connectivity index (χ4n) is 2.52. The number of carbonyl (C=O) groups excluding carboxylic acids is 1. The van der Waals surface area contributed by atoms with Crippen molar-refractivity contribution in [1.29, 1.82) is 5.41 Å². The van der Waals surface area contributed by atoms with E-state index in [2.05, 4.69) is 0 Å². The molecule has 2 aromatic rings. The van der Waals surface area contributed by atoms with Gasteiger partial charge in [0.05, 0.1) is 5.92 Å². The summed E-state index contributed by atoms with van der Waals surface area (Å²) in [5.41, 5.74) is 4.03. The van der Waals surface area contributed by atoms with E-state index in [4.69, 9.17) is 10.6 Å². The van der Waals surface area contributed by atoms with E-state index >= 15 is 0 Å². The van der Waals surface area contributed by atoms with Crippen LogP contribution in [0.4, 0.5) is 4.39 Å². The summed E-state index contributed by atoms with van der Waals surface area (Å²) in [7, 11) is 0. The van der Waals surface area contributed by atoms with Crippen LogP contribution < -0.4 is 5.48 Å². The second-order valence-electron chi connectivity index (χ2n) is 5.31. The fraction of sp³-hybridized carbons (Fsp3) is 0.222. The van der Waals surface area contributed by atoms with E-state index in [1.165, 1.54) is 18.2 Å². The van der Waals surface area contributed by atoms with E-state index in [9.17, 15) is 9.18 Å². The van der Waals surface area contributed by atoms with Crippen molar-refractivity contribution in [1.82, 2.24) is 5.48 Å². The molecule has 4 nitrogen and oxygen atoms in total. The van der Waals surface area contributed by atoms with Gasteiger partial charge in [-0.3, -0.25) is 10.0 Å². The van der Waals surface area contributed by atoms with Crippen LogP contribution in [0.15, 0.2) is 48.5 Å². The maximum Gasteiger partial charge on any atom is 0.255 e. The highest BCUT2D eigenvalue weighted by Crippen LogP contribution is 2.26. The van der Waals surface area contributed by atoms with Gasteiger partial charge in [-0.25, -0.2) is 9.87 Å². The normalized spacial score (nSPS) is 11.8. The molecular formula is C18H19FN2O2. The summed E-state index contributed by atoms with van der Waals surface area (Å²) in [6.45, 7) is 2.01. The van der Waals surface area contributed by atoms with E-state index in [0.717, 1.165) is 12.0 Å². The molecule has 1 atom stereocenters. The molecule has 1 amide bonds. The number of carbonyl (C=O) groups is 1. The van der Waals surface area contributed by atoms with Crippen molar-refractivity contribution < 1.29 is 14.4 Å². The summed E-state index contributed by atoms with van der Waals surface area (Å²) in [6, 6.07) is 12.7. The number of halogens is 1. The summed E-state index contributed by atoms with van der Waals surface area (Å²) < 4.78 is 13.4.